The first kappa shape index (κ1) is 15.4. The Morgan fingerprint density at radius 3 is 2.80 bits per heavy atom. The van der Waals surface area contributed by atoms with Crippen molar-refractivity contribution >= 4 is 0 Å². The highest BCUT2D eigenvalue weighted by Crippen LogP contribution is 2.13. The number of hydrogen-bond donors (Lipinski definition) is 1. The van der Waals surface area contributed by atoms with Gasteiger partial charge in [-0.2, -0.15) is 5.10 Å². The summed E-state index contributed by atoms with van der Waals surface area (Å²) >= 11 is 0. The van der Waals surface area contributed by atoms with E-state index in [0.29, 0.717) is 25.2 Å². The topological polar surface area (TPSA) is 61.2 Å². The van der Waals surface area contributed by atoms with Crippen molar-refractivity contribution in [2.75, 3.05) is 19.8 Å². The lowest BCUT2D eigenvalue weighted by Crippen LogP contribution is -2.35. The van der Waals surface area contributed by atoms with Gasteiger partial charge in [-0.25, -0.2) is 9.67 Å². The maximum atomic E-state index is 5.54. The molecule has 0 aromatic carbocycles. The molecule has 114 valence electrons. The van der Waals surface area contributed by atoms with Gasteiger partial charge in [-0.3, -0.25) is 0 Å². The molecule has 0 bridgehead atoms. The van der Waals surface area contributed by atoms with Gasteiger partial charge in [-0.1, -0.05) is 20.8 Å². The average Bonchev–Trinajstić information content (AvgIpc) is 3.02. The van der Waals surface area contributed by atoms with E-state index in [1.165, 1.54) is 0 Å². The van der Waals surface area contributed by atoms with Crippen LogP contribution >= 0.6 is 0 Å². The van der Waals surface area contributed by atoms with Crippen LogP contribution in [0.1, 0.15) is 33.0 Å². The molecule has 0 radical (unpaired) electrons. The van der Waals surface area contributed by atoms with Crippen LogP contribution in [0.15, 0.2) is 6.33 Å². The molecule has 2 rings (SSSR count). The Hall–Kier alpha value is -0.980. The Labute approximate surface area is 120 Å². The second-order valence-electron chi connectivity index (χ2n) is 5.62. The number of ether oxygens (including phenoxy) is 2. The van der Waals surface area contributed by atoms with Gasteiger partial charge in [-0.15, -0.1) is 0 Å². The zero-order valence-electron chi connectivity index (χ0n) is 12.7. The fraction of sp³-hybridized carbons (Fsp3) is 0.857. The number of nitrogens with one attached hydrogen (secondary N) is 1. The number of hydrogen-bond acceptors (Lipinski definition) is 5. The maximum Gasteiger partial charge on any atom is 0.159 e. The molecule has 20 heavy (non-hydrogen) atoms. The van der Waals surface area contributed by atoms with E-state index in [9.17, 15) is 0 Å². The van der Waals surface area contributed by atoms with E-state index in [1.54, 1.807) is 6.33 Å². The van der Waals surface area contributed by atoms with Crippen molar-refractivity contribution in [1.29, 1.82) is 0 Å². The van der Waals surface area contributed by atoms with Gasteiger partial charge in [0.15, 0.2) is 6.29 Å². The first-order valence-corrected chi connectivity index (χ1v) is 7.52. The molecule has 0 spiro atoms. The highest BCUT2D eigenvalue weighted by atomic mass is 16.7. The van der Waals surface area contributed by atoms with Crippen LogP contribution in [0, 0.1) is 5.92 Å². The van der Waals surface area contributed by atoms with E-state index in [2.05, 4.69) is 36.2 Å². The highest BCUT2D eigenvalue weighted by molar-refractivity contribution is 4.90. The van der Waals surface area contributed by atoms with Gasteiger partial charge < -0.3 is 14.8 Å². The third-order valence-corrected chi connectivity index (χ3v) is 3.32. The lowest BCUT2D eigenvalue weighted by molar-refractivity contribution is -0.0527. The SMILES string of the molecule is CCNC(Cc1ncnn1CC(C)C)CC1OCCO1. The summed E-state index contributed by atoms with van der Waals surface area (Å²) in [6.07, 6.45) is 3.26. The van der Waals surface area contributed by atoms with Crippen LogP contribution in [0.3, 0.4) is 0 Å². The number of aromatic nitrogens is 3. The zero-order chi connectivity index (χ0) is 14.4. The van der Waals surface area contributed by atoms with Gasteiger partial charge in [0.2, 0.25) is 0 Å². The minimum Gasteiger partial charge on any atom is -0.350 e. The maximum absolute atomic E-state index is 5.54. The van der Waals surface area contributed by atoms with Crippen molar-refractivity contribution in [2.24, 2.45) is 5.92 Å². The molecule has 0 saturated carbocycles. The highest BCUT2D eigenvalue weighted by Gasteiger charge is 2.22. The van der Waals surface area contributed by atoms with E-state index < -0.39 is 0 Å². The van der Waals surface area contributed by atoms with Crippen LogP contribution in [0.25, 0.3) is 0 Å². The zero-order valence-corrected chi connectivity index (χ0v) is 12.7. The molecule has 1 atom stereocenters. The molecule has 1 fully saturated rings. The van der Waals surface area contributed by atoms with Crippen molar-refractivity contribution in [3.63, 3.8) is 0 Å². The second kappa shape index (κ2) is 7.71. The Morgan fingerprint density at radius 2 is 2.15 bits per heavy atom. The monoisotopic (exact) mass is 282 g/mol. The molecule has 1 aliphatic heterocycles. The third-order valence-electron chi connectivity index (χ3n) is 3.32. The largest absolute Gasteiger partial charge is 0.350 e. The molecule has 1 aromatic heterocycles. The quantitative estimate of drug-likeness (QED) is 0.777. The summed E-state index contributed by atoms with van der Waals surface area (Å²) < 4.78 is 13.1. The lowest BCUT2D eigenvalue weighted by Gasteiger charge is -2.20. The second-order valence-corrected chi connectivity index (χ2v) is 5.62. The van der Waals surface area contributed by atoms with Gasteiger partial charge >= 0.3 is 0 Å². The van der Waals surface area contributed by atoms with Gasteiger partial charge in [0.25, 0.3) is 0 Å². The fourth-order valence-corrected chi connectivity index (χ4v) is 2.47. The standard InChI is InChI=1S/C14H26N4O2/c1-4-15-12(8-14-19-5-6-20-14)7-13-16-10-17-18(13)9-11(2)3/h10-12,14-15H,4-9H2,1-3H3. The normalized spacial score (nSPS) is 18.0. The first-order valence-electron chi connectivity index (χ1n) is 7.52. The van der Waals surface area contributed by atoms with Crippen molar-refractivity contribution in [3.05, 3.63) is 12.2 Å². The van der Waals surface area contributed by atoms with Crippen LogP contribution in [0.2, 0.25) is 0 Å². The fourth-order valence-electron chi connectivity index (χ4n) is 2.47. The number of nitrogens with zero attached hydrogens (tertiary/aromatic N) is 3. The molecule has 1 N–H and O–H groups in total. The minimum absolute atomic E-state index is 0.0829. The van der Waals surface area contributed by atoms with Crippen LogP contribution in [0.4, 0.5) is 0 Å². The van der Waals surface area contributed by atoms with Crippen molar-refractivity contribution < 1.29 is 9.47 Å². The predicted molar refractivity (Wildman–Crippen MR) is 76.3 cm³/mol. The van der Waals surface area contributed by atoms with Crippen LogP contribution in [0.5, 0.6) is 0 Å². The third kappa shape index (κ3) is 4.54. The van der Waals surface area contributed by atoms with E-state index in [4.69, 9.17) is 9.47 Å². The number of likely N-dealkylation sites (N-methyl/N-ethyl adjacent to an activating group) is 1. The number of rotatable bonds is 8. The van der Waals surface area contributed by atoms with Crippen molar-refractivity contribution in [1.82, 2.24) is 20.1 Å². The Bertz CT molecular complexity index is 388. The van der Waals surface area contributed by atoms with Crippen LogP contribution < -0.4 is 5.32 Å². The summed E-state index contributed by atoms with van der Waals surface area (Å²) in [6, 6.07) is 0.304. The van der Waals surface area contributed by atoms with Gasteiger partial charge in [0.05, 0.1) is 13.2 Å². The molecule has 0 aliphatic carbocycles. The summed E-state index contributed by atoms with van der Waals surface area (Å²) in [5.41, 5.74) is 0. The van der Waals surface area contributed by atoms with Gasteiger partial charge in [0, 0.05) is 25.4 Å². The summed E-state index contributed by atoms with van der Waals surface area (Å²) in [7, 11) is 0. The smallest absolute Gasteiger partial charge is 0.159 e. The Kier molecular flexibility index (Phi) is 5.94. The van der Waals surface area contributed by atoms with E-state index in [1.807, 2.05) is 4.68 Å². The summed E-state index contributed by atoms with van der Waals surface area (Å²) in [5.74, 6) is 1.59. The van der Waals surface area contributed by atoms with Crippen LogP contribution in [-0.4, -0.2) is 46.9 Å². The summed E-state index contributed by atoms with van der Waals surface area (Å²) in [4.78, 5) is 4.40. The Morgan fingerprint density at radius 1 is 1.40 bits per heavy atom. The van der Waals surface area contributed by atoms with E-state index in [-0.39, 0.29) is 6.29 Å². The molecule has 2 heterocycles. The molecule has 6 heteroatoms. The van der Waals surface area contributed by atoms with Crippen molar-refractivity contribution in [3.8, 4) is 0 Å². The molecule has 1 aliphatic rings. The molecule has 1 aromatic rings. The molecule has 1 unspecified atom stereocenters. The van der Waals surface area contributed by atoms with Crippen molar-refractivity contribution in [2.45, 2.75) is 52.5 Å². The minimum atomic E-state index is -0.0829. The van der Waals surface area contributed by atoms with E-state index in [0.717, 1.165) is 31.8 Å². The predicted octanol–water partition coefficient (Wildman–Crippen LogP) is 1.22. The Balaban J connectivity index is 1.94. The molecular weight excluding hydrogens is 256 g/mol. The average molecular weight is 282 g/mol. The van der Waals surface area contributed by atoms with Crippen LogP contribution in [-0.2, 0) is 22.4 Å². The molecule has 6 nitrogen and oxygen atoms in total. The van der Waals surface area contributed by atoms with Gasteiger partial charge in [-0.05, 0) is 12.5 Å². The lowest BCUT2D eigenvalue weighted by atomic mass is 10.1. The molecule has 0 amide bonds. The molecule has 1 saturated heterocycles. The summed E-state index contributed by atoms with van der Waals surface area (Å²) in [5, 5.41) is 7.80. The first-order chi connectivity index (χ1) is 9.69. The molecular formula is C14H26N4O2. The van der Waals surface area contributed by atoms with Gasteiger partial charge in [0.1, 0.15) is 12.2 Å². The summed E-state index contributed by atoms with van der Waals surface area (Å²) in [6.45, 7) is 9.73. The van der Waals surface area contributed by atoms with E-state index >= 15 is 0 Å².